The van der Waals surface area contributed by atoms with Crippen LogP contribution in [0.3, 0.4) is 0 Å². The van der Waals surface area contributed by atoms with Crippen LogP contribution < -0.4 is 0 Å². The number of halogens is 2. The second-order valence-corrected chi connectivity index (χ2v) is 2.49. The van der Waals surface area contributed by atoms with Gasteiger partial charge < -0.3 is 5.21 Å². The lowest BCUT2D eigenvalue weighted by Crippen LogP contribution is -2.21. The number of rotatable bonds is 1. The molecule has 1 aliphatic carbocycles. The summed E-state index contributed by atoms with van der Waals surface area (Å²) in [6, 6.07) is 0. The molecule has 0 heterocycles. The molecule has 0 saturated carbocycles. The molecule has 0 radical (unpaired) electrons. The van der Waals surface area contributed by atoms with E-state index in [1.807, 2.05) is 0 Å². The molecule has 1 N–H and O–H groups in total. The minimum absolute atomic E-state index is 0.216. The lowest BCUT2D eigenvalue weighted by atomic mass is 10.0. The lowest BCUT2D eigenvalue weighted by molar-refractivity contribution is -0.108. The monoisotopic (exact) mass is 189 g/mol. The molecular formula is C7H5ClFNO2. The smallest absolute Gasteiger partial charge is 0.251 e. The Kier molecular flexibility index (Phi) is 2.60. The first-order chi connectivity index (χ1) is 5.66. The van der Waals surface area contributed by atoms with Crippen LogP contribution in [0.15, 0.2) is 29.0 Å². The molecule has 1 unspecified atom stereocenters. The molecule has 0 bridgehead atoms. The fourth-order valence-corrected chi connectivity index (χ4v) is 0.987. The van der Waals surface area contributed by atoms with E-state index >= 15 is 0 Å². The van der Waals surface area contributed by atoms with Crippen LogP contribution in [0.4, 0.5) is 4.39 Å². The summed E-state index contributed by atoms with van der Waals surface area (Å²) < 4.78 is 13.0. The third-order valence-corrected chi connectivity index (χ3v) is 1.64. The summed E-state index contributed by atoms with van der Waals surface area (Å²) in [7, 11) is 0. The average Bonchev–Trinajstić information content (AvgIpc) is 2.04. The molecule has 0 aromatic heterocycles. The van der Waals surface area contributed by atoms with E-state index in [1.54, 1.807) is 0 Å². The number of hydrogen-bond acceptors (Lipinski definition) is 3. The maximum absolute atomic E-state index is 13.0. The molecule has 0 aromatic carbocycles. The standard InChI is InChI=1S/C7H5ClFNO2/c8-7(11)4-2-1-3-5(10-12)6(4)9/h1-3,6,12H. The van der Waals surface area contributed by atoms with E-state index in [0.29, 0.717) is 0 Å². The van der Waals surface area contributed by atoms with Gasteiger partial charge in [-0.3, -0.25) is 4.79 Å². The minimum Gasteiger partial charge on any atom is -0.411 e. The van der Waals surface area contributed by atoms with E-state index in [4.69, 9.17) is 16.8 Å². The first-order valence-corrected chi connectivity index (χ1v) is 3.48. The van der Waals surface area contributed by atoms with Gasteiger partial charge in [-0.05, 0) is 17.7 Å². The molecule has 1 aliphatic rings. The number of alkyl halides is 1. The van der Waals surface area contributed by atoms with Crippen LogP contribution >= 0.6 is 11.6 Å². The van der Waals surface area contributed by atoms with Crippen LogP contribution in [0.25, 0.3) is 0 Å². The van der Waals surface area contributed by atoms with Gasteiger partial charge in [-0.15, -0.1) is 0 Å². The van der Waals surface area contributed by atoms with E-state index in [1.165, 1.54) is 18.2 Å². The normalized spacial score (nSPS) is 25.7. The van der Waals surface area contributed by atoms with Gasteiger partial charge in [0.2, 0.25) is 0 Å². The zero-order valence-corrected chi connectivity index (χ0v) is 6.62. The van der Waals surface area contributed by atoms with Gasteiger partial charge in [-0.2, -0.15) is 0 Å². The molecule has 3 nitrogen and oxygen atoms in total. The highest BCUT2D eigenvalue weighted by Crippen LogP contribution is 2.17. The predicted octanol–water partition coefficient (Wildman–Crippen LogP) is 1.42. The second-order valence-electron chi connectivity index (χ2n) is 2.14. The van der Waals surface area contributed by atoms with Gasteiger partial charge in [0.1, 0.15) is 5.71 Å². The Morgan fingerprint density at radius 3 is 2.92 bits per heavy atom. The van der Waals surface area contributed by atoms with Crippen molar-refractivity contribution in [2.45, 2.75) is 6.17 Å². The topological polar surface area (TPSA) is 49.7 Å². The van der Waals surface area contributed by atoms with E-state index in [0.717, 1.165) is 0 Å². The molecule has 0 saturated heterocycles. The van der Waals surface area contributed by atoms with Gasteiger partial charge in [0.15, 0.2) is 6.17 Å². The van der Waals surface area contributed by atoms with Crippen LogP contribution in [-0.2, 0) is 4.79 Å². The Labute approximate surface area is 72.8 Å². The SMILES string of the molecule is O=C(Cl)C1=CC=CC(=NO)C1F. The summed E-state index contributed by atoms with van der Waals surface area (Å²) in [5.41, 5.74) is -0.437. The van der Waals surface area contributed by atoms with Crippen LogP contribution in [0.1, 0.15) is 0 Å². The van der Waals surface area contributed by atoms with Crippen molar-refractivity contribution in [1.82, 2.24) is 0 Å². The van der Waals surface area contributed by atoms with Crippen LogP contribution in [-0.4, -0.2) is 22.3 Å². The van der Waals surface area contributed by atoms with E-state index in [-0.39, 0.29) is 11.3 Å². The fraction of sp³-hybridized carbons (Fsp3) is 0.143. The van der Waals surface area contributed by atoms with Gasteiger partial charge in [0.25, 0.3) is 5.24 Å². The lowest BCUT2D eigenvalue weighted by Gasteiger charge is -2.10. The van der Waals surface area contributed by atoms with Crippen molar-refractivity contribution in [2.75, 3.05) is 0 Å². The van der Waals surface area contributed by atoms with Gasteiger partial charge in [-0.1, -0.05) is 17.3 Å². The molecule has 0 spiro atoms. The molecule has 0 aromatic rings. The van der Waals surface area contributed by atoms with Crippen LogP contribution in [0.2, 0.25) is 0 Å². The fourth-order valence-electron chi connectivity index (χ4n) is 0.828. The van der Waals surface area contributed by atoms with Gasteiger partial charge in [0.05, 0.1) is 5.57 Å². The third kappa shape index (κ3) is 1.53. The first kappa shape index (κ1) is 8.93. The van der Waals surface area contributed by atoms with E-state index in [9.17, 15) is 9.18 Å². The van der Waals surface area contributed by atoms with E-state index < -0.39 is 11.4 Å². The second kappa shape index (κ2) is 3.49. The van der Waals surface area contributed by atoms with Crippen molar-refractivity contribution in [1.29, 1.82) is 0 Å². The molecule has 12 heavy (non-hydrogen) atoms. The zero-order chi connectivity index (χ0) is 9.14. The zero-order valence-electron chi connectivity index (χ0n) is 5.87. The largest absolute Gasteiger partial charge is 0.411 e. The molecule has 0 amide bonds. The summed E-state index contributed by atoms with van der Waals surface area (Å²) >= 11 is 5.06. The summed E-state index contributed by atoms with van der Waals surface area (Å²) in [4.78, 5) is 10.6. The molecule has 1 atom stereocenters. The average molecular weight is 190 g/mol. The Bertz CT molecular complexity index is 296. The van der Waals surface area contributed by atoms with Gasteiger partial charge in [0, 0.05) is 0 Å². The number of carbonyl (C=O) groups excluding carboxylic acids is 1. The van der Waals surface area contributed by atoms with Crippen LogP contribution in [0, 0.1) is 0 Å². The maximum atomic E-state index is 13.0. The molecule has 0 fully saturated rings. The summed E-state index contributed by atoms with van der Waals surface area (Å²) in [5.74, 6) is 0. The molecule has 1 rings (SSSR count). The van der Waals surface area contributed by atoms with E-state index in [2.05, 4.69) is 5.16 Å². The summed E-state index contributed by atoms with van der Waals surface area (Å²) in [5, 5.41) is 10.1. The molecular weight excluding hydrogens is 185 g/mol. The van der Waals surface area contributed by atoms with Crippen molar-refractivity contribution >= 4 is 22.6 Å². The molecule has 64 valence electrons. The Balaban J connectivity index is 2.98. The predicted molar refractivity (Wildman–Crippen MR) is 42.2 cm³/mol. The highest BCUT2D eigenvalue weighted by atomic mass is 35.5. The van der Waals surface area contributed by atoms with Gasteiger partial charge in [-0.25, -0.2) is 4.39 Å². The first-order valence-electron chi connectivity index (χ1n) is 3.11. The molecule has 0 aliphatic heterocycles. The third-order valence-electron chi connectivity index (χ3n) is 1.42. The van der Waals surface area contributed by atoms with Crippen molar-refractivity contribution in [3.05, 3.63) is 23.8 Å². The minimum atomic E-state index is -1.73. The Hall–Kier alpha value is -1.16. The number of allylic oxidation sites excluding steroid dienone is 4. The van der Waals surface area contributed by atoms with Crippen molar-refractivity contribution < 1.29 is 14.4 Å². The van der Waals surface area contributed by atoms with Crippen molar-refractivity contribution in [2.24, 2.45) is 5.16 Å². The number of oxime groups is 1. The van der Waals surface area contributed by atoms with Crippen LogP contribution in [0.5, 0.6) is 0 Å². The molecule has 5 heteroatoms. The number of nitrogens with zero attached hydrogens (tertiary/aromatic N) is 1. The number of carbonyl (C=O) groups is 1. The number of hydrogen-bond donors (Lipinski definition) is 1. The van der Waals surface area contributed by atoms with Crippen molar-refractivity contribution in [3.8, 4) is 0 Å². The summed E-state index contributed by atoms with van der Waals surface area (Å²) in [6.07, 6.45) is 2.16. The van der Waals surface area contributed by atoms with Gasteiger partial charge >= 0.3 is 0 Å². The quantitative estimate of drug-likeness (QED) is 0.385. The highest BCUT2D eigenvalue weighted by molar-refractivity contribution is 6.68. The summed E-state index contributed by atoms with van der Waals surface area (Å²) in [6.45, 7) is 0. The maximum Gasteiger partial charge on any atom is 0.251 e. The van der Waals surface area contributed by atoms with Crippen molar-refractivity contribution in [3.63, 3.8) is 0 Å². The Morgan fingerprint density at radius 1 is 1.75 bits per heavy atom. The highest BCUT2D eigenvalue weighted by Gasteiger charge is 2.25. The Morgan fingerprint density at radius 2 is 2.42 bits per heavy atom.